The van der Waals surface area contributed by atoms with E-state index in [-0.39, 0.29) is 11.2 Å². The van der Waals surface area contributed by atoms with Crippen molar-refractivity contribution in [3.63, 3.8) is 0 Å². The lowest BCUT2D eigenvalue weighted by atomic mass is 9.82. The van der Waals surface area contributed by atoms with Gasteiger partial charge in [-0.05, 0) is 101 Å². The van der Waals surface area contributed by atoms with E-state index in [2.05, 4.69) is 137 Å². The average molecular weight is 626 g/mol. The quantitative estimate of drug-likeness (QED) is 0.182. The van der Waals surface area contributed by atoms with Crippen molar-refractivity contribution in [2.45, 2.75) is 19.3 Å². The minimum atomic E-state index is -0.261. The minimum absolute atomic E-state index is 0.112. The summed E-state index contributed by atoms with van der Waals surface area (Å²) in [5, 5.41) is 0. The Morgan fingerprint density at radius 2 is 0.953 bits per heavy atom. The molecule has 6 aromatic carbocycles. The summed E-state index contributed by atoms with van der Waals surface area (Å²) in [5.74, 6) is -0.261. The van der Waals surface area contributed by atoms with Crippen LogP contribution in [0, 0.1) is 5.82 Å². The van der Waals surface area contributed by atoms with Crippen LogP contribution >= 0.6 is 15.9 Å². The van der Waals surface area contributed by atoms with E-state index < -0.39 is 0 Å². The Morgan fingerprint density at radius 1 is 0.465 bits per heavy atom. The Labute approximate surface area is 260 Å². The van der Waals surface area contributed by atoms with Gasteiger partial charge in [0.05, 0.1) is 0 Å². The van der Waals surface area contributed by atoms with Gasteiger partial charge in [-0.15, -0.1) is 0 Å². The van der Waals surface area contributed by atoms with Crippen LogP contribution in [0.2, 0.25) is 0 Å². The highest BCUT2D eigenvalue weighted by atomic mass is 79.9. The number of halogens is 2. The fraction of sp³-hybridized carbons (Fsp3) is 0.0769. The third-order valence-corrected chi connectivity index (χ3v) is 8.78. The van der Waals surface area contributed by atoms with E-state index in [0.29, 0.717) is 0 Å². The molecule has 0 saturated carbocycles. The normalized spacial score (nSPS) is 12.8. The van der Waals surface area contributed by atoms with E-state index in [9.17, 15) is 4.39 Å². The molecule has 1 aliphatic carbocycles. The molecule has 0 radical (unpaired) electrons. The second-order valence-electron chi connectivity index (χ2n) is 11.4. The van der Waals surface area contributed by atoms with Gasteiger partial charge in [-0.1, -0.05) is 96.5 Å². The lowest BCUT2D eigenvalue weighted by Crippen LogP contribution is -2.17. The van der Waals surface area contributed by atoms with Gasteiger partial charge < -0.3 is 9.80 Å². The first-order valence-electron chi connectivity index (χ1n) is 14.4. The average Bonchev–Trinajstić information content (AvgIpc) is 3.25. The number of hydrogen-bond acceptors (Lipinski definition) is 2. The van der Waals surface area contributed by atoms with E-state index in [1.807, 2.05) is 36.4 Å². The van der Waals surface area contributed by atoms with Crippen LogP contribution in [0.4, 0.5) is 38.5 Å². The summed E-state index contributed by atoms with van der Waals surface area (Å²) < 4.78 is 14.9. The molecule has 2 nitrogen and oxygen atoms in total. The van der Waals surface area contributed by atoms with Crippen LogP contribution in [0.5, 0.6) is 0 Å². The fourth-order valence-corrected chi connectivity index (χ4v) is 6.76. The Morgan fingerprint density at radius 3 is 1.58 bits per heavy atom. The van der Waals surface area contributed by atoms with E-state index in [1.54, 1.807) is 0 Å². The van der Waals surface area contributed by atoms with Crippen LogP contribution < -0.4 is 9.80 Å². The van der Waals surface area contributed by atoms with Gasteiger partial charge in [0.15, 0.2) is 0 Å². The Hall–Kier alpha value is -4.67. The van der Waals surface area contributed by atoms with E-state index in [4.69, 9.17) is 0 Å². The van der Waals surface area contributed by atoms with Gasteiger partial charge >= 0.3 is 0 Å². The molecule has 0 amide bonds. The van der Waals surface area contributed by atoms with Crippen LogP contribution in [0.3, 0.4) is 0 Å². The van der Waals surface area contributed by atoms with Crippen LogP contribution in [-0.4, -0.2) is 0 Å². The molecular formula is C39H30BrFN2. The van der Waals surface area contributed by atoms with Gasteiger partial charge in [0.2, 0.25) is 0 Å². The zero-order chi connectivity index (χ0) is 29.6. The van der Waals surface area contributed by atoms with Crippen molar-refractivity contribution in [3.05, 3.63) is 167 Å². The molecule has 0 spiro atoms. The summed E-state index contributed by atoms with van der Waals surface area (Å²) in [5.41, 5.74) is 11.1. The number of rotatable bonds is 6. The number of fused-ring (bicyclic) bond motifs is 3. The standard InChI is InChI=1S/C39H30BrFN2/c1-39(2)37-16-10-9-15-35(37)36-22-21-32(26-38(36)39)43(30-13-7-4-8-14-30)34-24-27(40)23-33(25-34)42(29-11-5-3-6-12-29)31-19-17-28(41)18-20-31/h3-26H,1-2H3. The number of nitrogens with zero attached hydrogens (tertiary/aromatic N) is 2. The second-order valence-corrected chi connectivity index (χ2v) is 12.3. The molecule has 0 atom stereocenters. The molecule has 7 rings (SSSR count). The van der Waals surface area contributed by atoms with E-state index >= 15 is 0 Å². The molecule has 1 aliphatic rings. The Bertz CT molecular complexity index is 1920. The highest BCUT2D eigenvalue weighted by molar-refractivity contribution is 9.10. The smallest absolute Gasteiger partial charge is 0.123 e. The topological polar surface area (TPSA) is 6.48 Å². The molecule has 43 heavy (non-hydrogen) atoms. The predicted octanol–water partition coefficient (Wildman–Crippen LogP) is 11.8. The molecule has 210 valence electrons. The van der Waals surface area contributed by atoms with Crippen LogP contribution in [-0.2, 0) is 5.41 Å². The predicted molar refractivity (Wildman–Crippen MR) is 181 cm³/mol. The summed E-state index contributed by atoms with van der Waals surface area (Å²) in [7, 11) is 0. The summed E-state index contributed by atoms with van der Waals surface area (Å²) in [6.07, 6.45) is 0. The third kappa shape index (κ3) is 4.92. The maximum absolute atomic E-state index is 14.0. The van der Waals surface area contributed by atoms with Gasteiger partial charge in [-0.3, -0.25) is 0 Å². The molecule has 0 saturated heterocycles. The Kier molecular flexibility index (Phi) is 6.87. The summed E-state index contributed by atoms with van der Waals surface area (Å²) >= 11 is 3.83. The maximum Gasteiger partial charge on any atom is 0.123 e. The monoisotopic (exact) mass is 624 g/mol. The zero-order valence-corrected chi connectivity index (χ0v) is 25.6. The van der Waals surface area contributed by atoms with Crippen LogP contribution in [0.25, 0.3) is 11.1 Å². The summed E-state index contributed by atoms with van der Waals surface area (Å²) in [4.78, 5) is 4.46. The van der Waals surface area contributed by atoms with Crippen molar-refractivity contribution in [2.75, 3.05) is 9.80 Å². The zero-order valence-electron chi connectivity index (χ0n) is 24.0. The molecular weight excluding hydrogens is 595 g/mol. The molecule has 0 fully saturated rings. The van der Waals surface area contributed by atoms with Crippen molar-refractivity contribution in [3.8, 4) is 11.1 Å². The highest BCUT2D eigenvalue weighted by Crippen LogP contribution is 2.51. The largest absolute Gasteiger partial charge is 0.310 e. The molecule has 0 aliphatic heterocycles. The first-order chi connectivity index (χ1) is 20.9. The Balaban J connectivity index is 1.41. The molecule has 0 bridgehead atoms. The molecule has 0 aromatic heterocycles. The molecule has 6 aromatic rings. The molecule has 0 N–H and O–H groups in total. The maximum atomic E-state index is 14.0. The lowest BCUT2D eigenvalue weighted by Gasteiger charge is -2.30. The number of para-hydroxylation sites is 2. The molecule has 0 heterocycles. The van der Waals surface area contributed by atoms with Crippen molar-refractivity contribution >= 4 is 50.1 Å². The van der Waals surface area contributed by atoms with Crippen molar-refractivity contribution in [1.29, 1.82) is 0 Å². The van der Waals surface area contributed by atoms with Crippen molar-refractivity contribution in [1.82, 2.24) is 0 Å². The van der Waals surface area contributed by atoms with Gasteiger partial charge in [0, 0.05) is 44.0 Å². The summed E-state index contributed by atoms with van der Waals surface area (Å²) in [6.45, 7) is 4.62. The van der Waals surface area contributed by atoms with Gasteiger partial charge in [-0.25, -0.2) is 4.39 Å². The minimum Gasteiger partial charge on any atom is -0.310 e. The summed E-state index contributed by atoms with van der Waals surface area (Å²) in [6, 6.07) is 49.3. The second kappa shape index (κ2) is 10.9. The fourth-order valence-electron chi connectivity index (χ4n) is 6.29. The van der Waals surface area contributed by atoms with Gasteiger partial charge in [-0.2, -0.15) is 0 Å². The SMILES string of the molecule is CC1(C)c2ccccc2-c2ccc(N(c3ccccc3)c3cc(Br)cc(N(c4ccccc4)c4ccc(F)cc4)c3)cc21. The van der Waals surface area contributed by atoms with Gasteiger partial charge in [0.25, 0.3) is 0 Å². The van der Waals surface area contributed by atoms with Gasteiger partial charge in [0.1, 0.15) is 5.82 Å². The first-order valence-corrected chi connectivity index (χ1v) is 15.2. The van der Waals surface area contributed by atoms with E-state index in [1.165, 1.54) is 34.4 Å². The first kappa shape index (κ1) is 27.2. The third-order valence-electron chi connectivity index (χ3n) is 8.32. The number of hydrogen-bond donors (Lipinski definition) is 0. The van der Waals surface area contributed by atoms with E-state index in [0.717, 1.165) is 38.6 Å². The molecule has 4 heteroatoms. The van der Waals surface area contributed by atoms with Crippen molar-refractivity contribution in [2.24, 2.45) is 0 Å². The van der Waals surface area contributed by atoms with Crippen LogP contribution in [0.15, 0.2) is 150 Å². The van der Waals surface area contributed by atoms with Crippen LogP contribution in [0.1, 0.15) is 25.0 Å². The molecule has 0 unspecified atom stereocenters. The van der Waals surface area contributed by atoms with Crippen molar-refractivity contribution < 1.29 is 4.39 Å². The lowest BCUT2D eigenvalue weighted by molar-refractivity contribution is 0.628. The number of benzene rings is 6. The highest BCUT2D eigenvalue weighted by Gasteiger charge is 2.35. The number of anilines is 6.